The number of hydrogen-bond donors (Lipinski definition) is 1. The van der Waals surface area contributed by atoms with Gasteiger partial charge in [0.25, 0.3) is 0 Å². The van der Waals surface area contributed by atoms with Crippen molar-refractivity contribution < 1.29 is 0 Å². The molecule has 0 radical (unpaired) electrons. The van der Waals surface area contributed by atoms with E-state index in [2.05, 4.69) is 54.9 Å². The summed E-state index contributed by atoms with van der Waals surface area (Å²) < 4.78 is 0. The number of nitrogens with two attached hydrogens (primary N) is 1. The summed E-state index contributed by atoms with van der Waals surface area (Å²) >= 11 is 1.71. The van der Waals surface area contributed by atoms with Crippen LogP contribution in [0.3, 0.4) is 0 Å². The van der Waals surface area contributed by atoms with Crippen molar-refractivity contribution >= 4 is 17.3 Å². The number of rotatable bonds is 5. The maximum atomic E-state index is 5.94. The summed E-state index contributed by atoms with van der Waals surface area (Å²) in [6.07, 6.45) is 0.864. The zero-order chi connectivity index (χ0) is 14.5. The highest BCUT2D eigenvalue weighted by Crippen LogP contribution is 2.23. The van der Waals surface area contributed by atoms with E-state index in [4.69, 9.17) is 5.73 Å². The van der Waals surface area contributed by atoms with Crippen molar-refractivity contribution in [2.45, 2.75) is 46.5 Å². The van der Waals surface area contributed by atoms with Crippen LogP contribution in [0.1, 0.15) is 45.3 Å². The van der Waals surface area contributed by atoms with Gasteiger partial charge in [0.05, 0.1) is 10.7 Å². The number of nitrogens with zero attached hydrogens (tertiary/aromatic N) is 3. The zero-order valence-electron chi connectivity index (χ0n) is 12.7. The maximum Gasteiger partial charge on any atom is 0.191 e. The Morgan fingerprint density at radius 2 is 2.00 bits per heavy atom. The smallest absolute Gasteiger partial charge is 0.191 e. The summed E-state index contributed by atoms with van der Waals surface area (Å²) in [4.78, 5) is 11.1. The molecule has 0 amide bonds. The fourth-order valence-corrected chi connectivity index (χ4v) is 2.70. The van der Waals surface area contributed by atoms with E-state index in [1.807, 2.05) is 0 Å². The van der Waals surface area contributed by atoms with Crippen molar-refractivity contribution in [3.05, 3.63) is 16.1 Å². The van der Waals surface area contributed by atoms with E-state index in [0.29, 0.717) is 12.5 Å². The molecule has 19 heavy (non-hydrogen) atoms. The summed E-state index contributed by atoms with van der Waals surface area (Å²) in [5.74, 6) is 0.637. The second-order valence-corrected chi connectivity index (χ2v) is 6.48. The molecule has 0 aliphatic carbocycles. The van der Waals surface area contributed by atoms with Gasteiger partial charge in [-0.2, -0.15) is 0 Å². The summed E-state index contributed by atoms with van der Waals surface area (Å²) in [5, 5.41) is 3.29. The second-order valence-electron chi connectivity index (χ2n) is 5.54. The third-order valence-electron chi connectivity index (χ3n) is 3.01. The molecule has 1 heterocycles. The van der Waals surface area contributed by atoms with Crippen LogP contribution >= 0.6 is 11.3 Å². The molecule has 0 spiro atoms. The van der Waals surface area contributed by atoms with Gasteiger partial charge in [0.15, 0.2) is 5.96 Å². The van der Waals surface area contributed by atoms with Gasteiger partial charge in [0.2, 0.25) is 0 Å². The van der Waals surface area contributed by atoms with Crippen LogP contribution in [0.4, 0.5) is 0 Å². The van der Waals surface area contributed by atoms with Gasteiger partial charge in [0.1, 0.15) is 0 Å². The standard InChI is InChI=1S/C14H26N4S/c1-6-18(7-2)13(15)16-9-8-12-17-11(10-19-12)14(3,4)5/h10H,6-9H2,1-5H3,(H2,15,16). The Kier molecular flexibility index (Phi) is 5.79. The van der Waals surface area contributed by atoms with Crippen molar-refractivity contribution in [2.75, 3.05) is 19.6 Å². The number of aliphatic imine (C=N–C) groups is 1. The molecule has 2 N–H and O–H groups in total. The Morgan fingerprint density at radius 3 is 2.47 bits per heavy atom. The first kappa shape index (κ1) is 16.0. The number of thiazole rings is 1. The number of aromatic nitrogens is 1. The van der Waals surface area contributed by atoms with Gasteiger partial charge < -0.3 is 10.6 Å². The van der Waals surface area contributed by atoms with Crippen LogP contribution in [-0.4, -0.2) is 35.5 Å². The van der Waals surface area contributed by atoms with Crippen molar-refractivity contribution in [1.82, 2.24) is 9.88 Å². The van der Waals surface area contributed by atoms with Crippen LogP contribution < -0.4 is 5.73 Å². The van der Waals surface area contributed by atoms with Crippen molar-refractivity contribution in [3.63, 3.8) is 0 Å². The summed E-state index contributed by atoms with van der Waals surface area (Å²) in [6, 6.07) is 0. The van der Waals surface area contributed by atoms with Crippen molar-refractivity contribution in [3.8, 4) is 0 Å². The van der Waals surface area contributed by atoms with Crippen LogP contribution in [0.5, 0.6) is 0 Å². The molecule has 5 heteroatoms. The van der Waals surface area contributed by atoms with Crippen LogP contribution in [-0.2, 0) is 11.8 Å². The lowest BCUT2D eigenvalue weighted by Gasteiger charge is -2.19. The van der Waals surface area contributed by atoms with E-state index in [1.54, 1.807) is 11.3 Å². The Labute approximate surface area is 120 Å². The first-order valence-corrected chi connectivity index (χ1v) is 7.76. The van der Waals surface area contributed by atoms with Gasteiger partial charge in [-0.15, -0.1) is 11.3 Å². The van der Waals surface area contributed by atoms with Crippen LogP contribution in [0, 0.1) is 0 Å². The molecule has 1 aromatic heterocycles. The van der Waals surface area contributed by atoms with Crippen LogP contribution in [0.2, 0.25) is 0 Å². The predicted octanol–water partition coefficient (Wildman–Crippen LogP) is 2.64. The summed E-state index contributed by atoms with van der Waals surface area (Å²) in [6.45, 7) is 13.2. The minimum Gasteiger partial charge on any atom is -0.370 e. The third kappa shape index (κ3) is 4.82. The van der Waals surface area contributed by atoms with Gasteiger partial charge in [0, 0.05) is 36.9 Å². The molecule has 0 atom stereocenters. The van der Waals surface area contributed by atoms with Crippen molar-refractivity contribution in [1.29, 1.82) is 0 Å². The van der Waals surface area contributed by atoms with Gasteiger partial charge in [-0.3, -0.25) is 4.99 Å². The van der Waals surface area contributed by atoms with Crippen molar-refractivity contribution in [2.24, 2.45) is 10.7 Å². The highest BCUT2D eigenvalue weighted by Gasteiger charge is 2.17. The largest absolute Gasteiger partial charge is 0.370 e. The first-order chi connectivity index (χ1) is 8.88. The highest BCUT2D eigenvalue weighted by molar-refractivity contribution is 7.09. The van der Waals surface area contributed by atoms with E-state index in [0.717, 1.165) is 30.2 Å². The fourth-order valence-electron chi connectivity index (χ4n) is 1.68. The molecule has 0 fully saturated rings. The van der Waals surface area contributed by atoms with E-state index in [9.17, 15) is 0 Å². The molecule has 0 aliphatic rings. The van der Waals surface area contributed by atoms with Gasteiger partial charge in [-0.25, -0.2) is 4.98 Å². The Bertz CT molecular complexity index is 413. The van der Waals surface area contributed by atoms with Crippen LogP contribution in [0.15, 0.2) is 10.4 Å². The van der Waals surface area contributed by atoms with Gasteiger partial charge in [-0.1, -0.05) is 20.8 Å². The third-order valence-corrected chi connectivity index (χ3v) is 3.92. The first-order valence-electron chi connectivity index (χ1n) is 6.88. The monoisotopic (exact) mass is 282 g/mol. The molecule has 0 bridgehead atoms. The molecule has 0 unspecified atom stereocenters. The molecule has 0 aromatic carbocycles. The molecule has 0 saturated heterocycles. The molecule has 0 aliphatic heterocycles. The topological polar surface area (TPSA) is 54.5 Å². The second kappa shape index (κ2) is 6.89. The molecule has 4 nitrogen and oxygen atoms in total. The van der Waals surface area contributed by atoms with Crippen LogP contribution in [0.25, 0.3) is 0 Å². The molecule has 0 saturated carbocycles. The lowest BCUT2D eigenvalue weighted by molar-refractivity contribution is 0.458. The quantitative estimate of drug-likeness (QED) is 0.667. The Hall–Kier alpha value is -1.10. The fraction of sp³-hybridized carbons (Fsp3) is 0.714. The summed E-state index contributed by atoms with van der Waals surface area (Å²) in [5.41, 5.74) is 7.22. The Morgan fingerprint density at radius 1 is 1.37 bits per heavy atom. The van der Waals surface area contributed by atoms with E-state index < -0.39 is 0 Å². The average molecular weight is 282 g/mol. The molecular weight excluding hydrogens is 256 g/mol. The van der Waals surface area contributed by atoms with E-state index in [1.165, 1.54) is 0 Å². The molecular formula is C14H26N4S. The average Bonchev–Trinajstić information content (AvgIpc) is 2.79. The Balaban J connectivity index is 2.54. The summed E-state index contributed by atoms with van der Waals surface area (Å²) in [7, 11) is 0. The SMILES string of the molecule is CCN(CC)C(N)=NCCc1nc(C(C)(C)C)cs1. The maximum absolute atomic E-state index is 5.94. The van der Waals surface area contributed by atoms with E-state index >= 15 is 0 Å². The molecule has 1 rings (SSSR count). The minimum absolute atomic E-state index is 0.123. The van der Waals surface area contributed by atoms with E-state index in [-0.39, 0.29) is 5.41 Å². The predicted molar refractivity (Wildman–Crippen MR) is 83.9 cm³/mol. The number of guanidine groups is 1. The lowest BCUT2D eigenvalue weighted by Crippen LogP contribution is -2.37. The zero-order valence-corrected chi connectivity index (χ0v) is 13.5. The normalized spacial score (nSPS) is 12.8. The van der Waals surface area contributed by atoms with Gasteiger partial charge >= 0.3 is 0 Å². The highest BCUT2D eigenvalue weighted by atomic mass is 32.1. The lowest BCUT2D eigenvalue weighted by atomic mass is 9.93. The number of hydrogen-bond acceptors (Lipinski definition) is 3. The molecule has 1 aromatic rings. The van der Waals surface area contributed by atoms with Gasteiger partial charge in [-0.05, 0) is 13.8 Å². The molecule has 108 valence electrons. The minimum atomic E-state index is 0.123.